The molecule has 4 heteroatoms. The van der Waals surface area contributed by atoms with Crippen molar-refractivity contribution in [2.45, 2.75) is 40.2 Å². The molecule has 0 aliphatic rings. The van der Waals surface area contributed by atoms with E-state index in [-0.39, 0.29) is 11.9 Å². The Bertz CT molecular complexity index is 394. The third-order valence-corrected chi connectivity index (χ3v) is 2.37. The molecule has 1 unspecified atom stereocenters. The number of amides is 1. The van der Waals surface area contributed by atoms with Crippen molar-refractivity contribution < 1.29 is 4.79 Å². The molecule has 3 N–H and O–H groups in total. The Morgan fingerprint density at radius 2 is 2.18 bits per heavy atom. The van der Waals surface area contributed by atoms with Crippen LogP contribution in [0.1, 0.15) is 33.3 Å². The standard InChI is InChI=1S/C13H21N3O/c1-9(14)7-10-8-15-6-5-11(10)16-12(17)13(2,3)4/h5-6,8-9H,7,14H2,1-4H3,(H,15,16,17). The van der Waals surface area contributed by atoms with Crippen LogP contribution in [-0.4, -0.2) is 16.9 Å². The molecule has 1 rings (SSSR count). The van der Waals surface area contributed by atoms with Crippen molar-refractivity contribution in [1.82, 2.24) is 4.98 Å². The van der Waals surface area contributed by atoms with Crippen LogP contribution in [0.4, 0.5) is 5.69 Å². The zero-order chi connectivity index (χ0) is 13.1. The fraction of sp³-hybridized carbons (Fsp3) is 0.538. The van der Waals surface area contributed by atoms with Crippen molar-refractivity contribution in [3.63, 3.8) is 0 Å². The number of nitrogens with two attached hydrogens (primary N) is 1. The Morgan fingerprint density at radius 3 is 2.71 bits per heavy atom. The molecule has 1 amide bonds. The lowest BCUT2D eigenvalue weighted by molar-refractivity contribution is -0.123. The van der Waals surface area contributed by atoms with Crippen LogP contribution < -0.4 is 11.1 Å². The Morgan fingerprint density at radius 1 is 1.53 bits per heavy atom. The van der Waals surface area contributed by atoms with E-state index in [1.807, 2.05) is 27.7 Å². The maximum absolute atomic E-state index is 11.9. The Labute approximate surface area is 103 Å². The van der Waals surface area contributed by atoms with E-state index in [4.69, 9.17) is 5.73 Å². The van der Waals surface area contributed by atoms with Crippen molar-refractivity contribution in [3.05, 3.63) is 24.0 Å². The number of rotatable bonds is 3. The zero-order valence-electron chi connectivity index (χ0n) is 10.9. The predicted octanol–water partition coefficient (Wildman–Crippen LogP) is 1.96. The number of aromatic nitrogens is 1. The van der Waals surface area contributed by atoms with E-state index in [0.717, 1.165) is 11.3 Å². The summed E-state index contributed by atoms with van der Waals surface area (Å²) >= 11 is 0. The first-order valence-electron chi connectivity index (χ1n) is 5.80. The van der Waals surface area contributed by atoms with E-state index in [2.05, 4.69) is 10.3 Å². The van der Waals surface area contributed by atoms with Gasteiger partial charge in [-0.3, -0.25) is 9.78 Å². The van der Waals surface area contributed by atoms with E-state index < -0.39 is 5.41 Å². The van der Waals surface area contributed by atoms with Gasteiger partial charge < -0.3 is 11.1 Å². The average molecular weight is 235 g/mol. The fourth-order valence-corrected chi connectivity index (χ4v) is 1.37. The summed E-state index contributed by atoms with van der Waals surface area (Å²) in [6.45, 7) is 7.58. The van der Waals surface area contributed by atoms with Gasteiger partial charge >= 0.3 is 0 Å². The van der Waals surface area contributed by atoms with Crippen molar-refractivity contribution in [1.29, 1.82) is 0 Å². The van der Waals surface area contributed by atoms with Gasteiger partial charge in [0.05, 0.1) is 0 Å². The Kier molecular flexibility index (Phi) is 4.23. The second-order valence-corrected chi connectivity index (χ2v) is 5.42. The van der Waals surface area contributed by atoms with Crippen LogP contribution in [0.5, 0.6) is 0 Å². The SMILES string of the molecule is CC(N)Cc1cnccc1NC(=O)C(C)(C)C. The monoisotopic (exact) mass is 235 g/mol. The maximum atomic E-state index is 11.9. The molecule has 0 radical (unpaired) electrons. The predicted molar refractivity (Wildman–Crippen MR) is 69.7 cm³/mol. The van der Waals surface area contributed by atoms with Gasteiger partial charge in [0.1, 0.15) is 0 Å². The smallest absolute Gasteiger partial charge is 0.229 e. The van der Waals surface area contributed by atoms with E-state index in [0.29, 0.717) is 6.42 Å². The molecular formula is C13H21N3O. The molecule has 1 aromatic heterocycles. The molecule has 0 fully saturated rings. The highest BCUT2D eigenvalue weighted by atomic mass is 16.2. The summed E-state index contributed by atoms with van der Waals surface area (Å²) in [5, 5.41) is 2.92. The van der Waals surface area contributed by atoms with Gasteiger partial charge in [-0.15, -0.1) is 0 Å². The normalized spacial score (nSPS) is 13.2. The summed E-state index contributed by atoms with van der Waals surface area (Å²) < 4.78 is 0. The topological polar surface area (TPSA) is 68.0 Å². The van der Waals surface area contributed by atoms with Crippen molar-refractivity contribution in [2.75, 3.05) is 5.32 Å². The molecule has 4 nitrogen and oxygen atoms in total. The lowest BCUT2D eigenvalue weighted by atomic mass is 9.95. The van der Waals surface area contributed by atoms with E-state index in [1.165, 1.54) is 0 Å². The third-order valence-electron chi connectivity index (χ3n) is 2.37. The lowest BCUT2D eigenvalue weighted by Crippen LogP contribution is -2.28. The number of hydrogen-bond acceptors (Lipinski definition) is 3. The molecule has 94 valence electrons. The van der Waals surface area contributed by atoms with Gasteiger partial charge in [0.2, 0.25) is 5.91 Å². The fourth-order valence-electron chi connectivity index (χ4n) is 1.37. The highest BCUT2D eigenvalue weighted by Gasteiger charge is 2.22. The molecule has 0 saturated heterocycles. The van der Waals surface area contributed by atoms with Gasteiger partial charge in [-0.1, -0.05) is 20.8 Å². The molecule has 1 heterocycles. The average Bonchev–Trinajstić information content (AvgIpc) is 2.18. The van der Waals surface area contributed by atoms with Crippen LogP contribution in [-0.2, 0) is 11.2 Å². The van der Waals surface area contributed by atoms with Gasteiger partial charge in [0.25, 0.3) is 0 Å². The summed E-state index contributed by atoms with van der Waals surface area (Å²) in [6.07, 6.45) is 4.12. The van der Waals surface area contributed by atoms with E-state index in [1.54, 1.807) is 18.5 Å². The molecule has 0 bridgehead atoms. The van der Waals surface area contributed by atoms with Gasteiger partial charge in [0.15, 0.2) is 0 Å². The number of anilines is 1. The van der Waals surface area contributed by atoms with Crippen LogP contribution in [0.3, 0.4) is 0 Å². The van der Waals surface area contributed by atoms with E-state index in [9.17, 15) is 4.79 Å². The van der Waals surface area contributed by atoms with E-state index >= 15 is 0 Å². The molecule has 0 saturated carbocycles. The molecule has 0 aliphatic heterocycles. The molecule has 0 spiro atoms. The molecule has 1 atom stereocenters. The number of carbonyl (C=O) groups is 1. The Hall–Kier alpha value is -1.42. The quantitative estimate of drug-likeness (QED) is 0.841. The first-order valence-corrected chi connectivity index (χ1v) is 5.80. The van der Waals surface area contributed by atoms with Gasteiger partial charge in [0, 0.05) is 29.5 Å². The van der Waals surface area contributed by atoms with Crippen molar-refractivity contribution in [2.24, 2.45) is 11.1 Å². The number of nitrogens with one attached hydrogen (secondary N) is 1. The first-order chi connectivity index (χ1) is 7.80. The molecule has 17 heavy (non-hydrogen) atoms. The highest BCUT2D eigenvalue weighted by Crippen LogP contribution is 2.20. The Balaban J connectivity index is 2.87. The minimum Gasteiger partial charge on any atom is -0.328 e. The number of pyridine rings is 1. The largest absolute Gasteiger partial charge is 0.328 e. The minimum absolute atomic E-state index is 0.00498. The first kappa shape index (κ1) is 13.6. The highest BCUT2D eigenvalue weighted by molar-refractivity contribution is 5.95. The lowest BCUT2D eigenvalue weighted by Gasteiger charge is -2.19. The van der Waals surface area contributed by atoms with Crippen molar-refractivity contribution in [3.8, 4) is 0 Å². The summed E-state index contributed by atoms with van der Waals surface area (Å²) in [4.78, 5) is 16.0. The molecule has 0 aliphatic carbocycles. The maximum Gasteiger partial charge on any atom is 0.229 e. The summed E-state index contributed by atoms with van der Waals surface area (Å²) in [7, 11) is 0. The number of hydrogen-bond donors (Lipinski definition) is 2. The molecule has 0 aromatic carbocycles. The van der Waals surface area contributed by atoms with Gasteiger partial charge in [-0.05, 0) is 25.0 Å². The van der Waals surface area contributed by atoms with Crippen LogP contribution in [0, 0.1) is 5.41 Å². The van der Waals surface area contributed by atoms with Crippen LogP contribution in [0.2, 0.25) is 0 Å². The van der Waals surface area contributed by atoms with Crippen LogP contribution in [0.15, 0.2) is 18.5 Å². The van der Waals surface area contributed by atoms with Crippen LogP contribution >= 0.6 is 0 Å². The number of carbonyl (C=O) groups excluding carboxylic acids is 1. The molecule has 1 aromatic rings. The third kappa shape index (κ3) is 4.15. The summed E-state index contributed by atoms with van der Waals surface area (Å²) in [5.74, 6) is -0.00498. The summed E-state index contributed by atoms with van der Waals surface area (Å²) in [6, 6.07) is 1.85. The number of nitrogens with zero attached hydrogens (tertiary/aromatic N) is 1. The second kappa shape index (κ2) is 5.27. The minimum atomic E-state index is -0.408. The van der Waals surface area contributed by atoms with Crippen molar-refractivity contribution >= 4 is 11.6 Å². The molecular weight excluding hydrogens is 214 g/mol. The van der Waals surface area contributed by atoms with Gasteiger partial charge in [-0.25, -0.2) is 0 Å². The van der Waals surface area contributed by atoms with Crippen LogP contribution in [0.25, 0.3) is 0 Å². The second-order valence-electron chi connectivity index (χ2n) is 5.42. The van der Waals surface area contributed by atoms with Gasteiger partial charge in [-0.2, -0.15) is 0 Å². The summed E-state index contributed by atoms with van der Waals surface area (Å²) in [5.41, 5.74) is 7.14. The zero-order valence-corrected chi connectivity index (χ0v) is 10.9.